The van der Waals surface area contributed by atoms with Crippen LogP contribution in [0, 0.1) is 0 Å². The summed E-state index contributed by atoms with van der Waals surface area (Å²) in [5, 5.41) is 13.1. The van der Waals surface area contributed by atoms with Crippen LogP contribution in [0.4, 0.5) is 5.69 Å². The van der Waals surface area contributed by atoms with Crippen LogP contribution in [0.3, 0.4) is 0 Å². The van der Waals surface area contributed by atoms with Gasteiger partial charge in [-0.15, -0.1) is 0 Å². The van der Waals surface area contributed by atoms with Gasteiger partial charge >= 0.3 is 0 Å². The van der Waals surface area contributed by atoms with Gasteiger partial charge in [-0.1, -0.05) is 42.5 Å². The Balaban J connectivity index is 1.70. The SMILES string of the molecule is CCOc1ccc(N2C(=O)C(=O)/C(=C(\O)c3cccc4ccccc34)C2c2ccco2)cc1. The van der Waals surface area contributed by atoms with E-state index in [0.29, 0.717) is 29.4 Å². The van der Waals surface area contributed by atoms with Crippen molar-refractivity contribution in [3.63, 3.8) is 0 Å². The van der Waals surface area contributed by atoms with Crippen LogP contribution in [0.5, 0.6) is 5.75 Å². The quantitative estimate of drug-likeness (QED) is 0.254. The minimum atomic E-state index is -0.906. The van der Waals surface area contributed by atoms with Gasteiger partial charge in [0.25, 0.3) is 11.7 Å². The van der Waals surface area contributed by atoms with Gasteiger partial charge in [-0.05, 0) is 54.1 Å². The maximum absolute atomic E-state index is 13.2. The fourth-order valence-electron chi connectivity index (χ4n) is 4.26. The zero-order valence-corrected chi connectivity index (χ0v) is 17.9. The molecule has 0 aliphatic carbocycles. The molecule has 4 aromatic rings. The van der Waals surface area contributed by atoms with Gasteiger partial charge < -0.3 is 14.3 Å². The molecular weight excluding hydrogens is 418 g/mol. The first-order valence-electron chi connectivity index (χ1n) is 10.7. The van der Waals surface area contributed by atoms with Crippen LogP contribution in [0.1, 0.15) is 24.3 Å². The second-order valence-electron chi connectivity index (χ2n) is 7.64. The van der Waals surface area contributed by atoms with E-state index in [4.69, 9.17) is 9.15 Å². The minimum Gasteiger partial charge on any atom is -0.507 e. The first kappa shape index (κ1) is 20.6. The molecule has 1 amide bonds. The molecule has 2 heterocycles. The van der Waals surface area contributed by atoms with Gasteiger partial charge in [-0.2, -0.15) is 0 Å². The van der Waals surface area contributed by atoms with E-state index >= 15 is 0 Å². The smallest absolute Gasteiger partial charge is 0.300 e. The molecule has 5 rings (SSSR count). The molecule has 1 N–H and O–H groups in total. The molecule has 164 valence electrons. The Hall–Kier alpha value is -4.32. The van der Waals surface area contributed by atoms with Crippen LogP contribution in [0.25, 0.3) is 16.5 Å². The van der Waals surface area contributed by atoms with Crippen LogP contribution in [0.2, 0.25) is 0 Å². The van der Waals surface area contributed by atoms with Gasteiger partial charge in [0.1, 0.15) is 23.3 Å². The van der Waals surface area contributed by atoms with Crippen LogP contribution < -0.4 is 9.64 Å². The van der Waals surface area contributed by atoms with Crippen LogP contribution in [0.15, 0.2) is 95.1 Å². The highest BCUT2D eigenvalue weighted by Gasteiger charge is 2.48. The Labute approximate surface area is 190 Å². The van der Waals surface area contributed by atoms with E-state index in [2.05, 4.69) is 0 Å². The van der Waals surface area contributed by atoms with Crippen LogP contribution >= 0.6 is 0 Å². The number of hydrogen-bond acceptors (Lipinski definition) is 5. The number of hydrogen-bond donors (Lipinski definition) is 1. The van der Waals surface area contributed by atoms with Crippen molar-refractivity contribution in [2.24, 2.45) is 0 Å². The van der Waals surface area contributed by atoms with Crippen molar-refractivity contribution in [3.8, 4) is 5.75 Å². The summed E-state index contributed by atoms with van der Waals surface area (Å²) >= 11 is 0. The topological polar surface area (TPSA) is 80.0 Å². The number of aliphatic hydroxyl groups excluding tert-OH is 1. The van der Waals surface area contributed by atoms with Crippen LogP contribution in [-0.2, 0) is 9.59 Å². The molecular formula is C27H21NO5. The molecule has 6 nitrogen and oxygen atoms in total. The summed E-state index contributed by atoms with van der Waals surface area (Å²) in [7, 11) is 0. The number of ether oxygens (including phenoxy) is 1. The summed E-state index contributed by atoms with van der Waals surface area (Å²) in [6.07, 6.45) is 1.48. The van der Waals surface area contributed by atoms with E-state index in [9.17, 15) is 14.7 Å². The Kier molecular flexibility index (Phi) is 5.18. The standard InChI is InChI=1S/C27H21NO5/c1-2-32-19-14-12-18(13-15-19)28-24(22-11-6-16-33-22)23(26(30)27(28)31)25(29)21-10-5-8-17-7-3-4-9-20(17)21/h3-16,24,29H,2H2,1H3/b25-23-. The fraction of sp³-hybridized carbons (Fsp3) is 0.111. The molecule has 6 heteroatoms. The molecule has 1 fully saturated rings. The highest BCUT2D eigenvalue weighted by atomic mass is 16.5. The number of aliphatic hydroxyl groups is 1. The highest BCUT2D eigenvalue weighted by molar-refractivity contribution is 6.51. The van der Waals surface area contributed by atoms with Gasteiger partial charge in [-0.3, -0.25) is 14.5 Å². The number of Topliss-reactive ketones (excluding diaryl/α,β-unsaturated/α-hetero) is 1. The zero-order valence-electron chi connectivity index (χ0n) is 17.9. The summed E-state index contributed by atoms with van der Waals surface area (Å²) in [5.41, 5.74) is 0.966. The lowest BCUT2D eigenvalue weighted by molar-refractivity contribution is -0.132. The molecule has 1 aliphatic heterocycles. The third kappa shape index (κ3) is 3.46. The van der Waals surface area contributed by atoms with Crippen LogP contribution in [-0.4, -0.2) is 23.4 Å². The highest BCUT2D eigenvalue weighted by Crippen LogP contribution is 2.43. The number of carbonyl (C=O) groups is 2. The summed E-state index contributed by atoms with van der Waals surface area (Å²) in [4.78, 5) is 27.8. The van der Waals surface area contributed by atoms with E-state index in [1.54, 1.807) is 42.5 Å². The van der Waals surface area contributed by atoms with E-state index in [0.717, 1.165) is 10.8 Å². The monoisotopic (exact) mass is 439 g/mol. The first-order chi connectivity index (χ1) is 16.1. The number of ketones is 1. The molecule has 1 unspecified atom stereocenters. The number of amides is 1. The maximum Gasteiger partial charge on any atom is 0.300 e. The molecule has 0 spiro atoms. The largest absolute Gasteiger partial charge is 0.507 e. The summed E-state index contributed by atoms with van der Waals surface area (Å²) in [5.74, 6) is -0.703. The Bertz CT molecular complexity index is 1360. The first-order valence-corrected chi connectivity index (χ1v) is 10.7. The van der Waals surface area contributed by atoms with Gasteiger partial charge in [0, 0.05) is 11.3 Å². The number of carbonyl (C=O) groups excluding carboxylic acids is 2. The number of rotatable bonds is 5. The van der Waals surface area contributed by atoms with Crippen molar-refractivity contribution in [1.82, 2.24) is 0 Å². The summed E-state index contributed by atoms with van der Waals surface area (Å²) in [6.45, 7) is 2.40. The van der Waals surface area contributed by atoms with E-state index in [1.807, 2.05) is 43.3 Å². The average Bonchev–Trinajstić information content (AvgIpc) is 3.46. The normalized spacial score (nSPS) is 17.6. The fourth-order valence-corrected chi connectivity index (χ4v) is 4.26. The van der Waals surface area contributed by atoms with E-state index < -0.39 is 17.7 Å². The Morgan fingerprint density at radius 1 is 0.970 bits per heavy atom. The number of furan rings is 1. The number of fused-ring (bicyclic) bond motifs is 1. The van der Waals surface area contributed by atoms with Gasteiger partial charge in [0.2, 0.25) is 0 Å². The zero-order chi connectivity index (χ0) is 22.9. The van der Waals surface area contributed by atoms with Crippen molar-refractivity contribution in [2.45, 2.75) is 13.0 Å². The van der Waals surface area contributed by atoms with Gasteiger partial charge in [0.15, 0.2) is 0 Å². The third-order valence-corrected chi connectivity index (χ3v) is 5.73. The maximum atomic E-state index is 13.2. The van der Waals surface area contributed by atoms with Crippen molar-refractivity contribution in [3.05, 3.63) is 102 Å². The molecule has 0 radical (unpaired) electrons. The van der Waals surface area contributed by atoms with Gasteiger partial charge in [0.05, 0.1) is 18.4 Å². The minimum absolute atomic E-state index is 0.0137. The average molecular weight is 439 g/mol. The molecule has 0 bridgehead atoms. The van der Waals surface area contributed by atoms with Crippen molar-refractivity contribution >= 4 is 33.9 Å². The molecule has 33 heavy (non-hydrogen) atoms. The van der Waals surface area contributed by atoms with E-state index in [1.165, 1.54) is 11.2 Å². The lowest BCUT2D eigenvalue weighted by atomic mass is 9.96. The van der Waals surface area contributed by atoms with Crippen molar-refractivity contribution < 1.29 is 23.8 Å². The van der Waals surface area contributed by atoms with E-state index in [-0.39, 0.29) is 11.3 Å². The molecule has 1 saturated heterocycles. The predicted molar refractivity (Wildman–Crippen MR) is 125 cm³/mol. The number of nitrogens with zero attached hydrogens (tertiary/aromatic N) is 1. The molecule has 1 aliphatic rings. The second kappa shape index (κ2) is 8.31. The Morgan fingerprint density at radius 3 is 2.45 bits per heavy atom. The second-order valence-corrected chi connectivity index (χ2v) is 7.64. The lowest BCUT2D eigenvalue weighted by Crippen LogP contribution is -2.29. The molecule has 1 atom stereocenters. The number of benzene rings is 3. The number of anilines is 1. The Morgan fingerprint density at radius 2 is 1.73 bits per heavy atom. The van der Waals surface area contributed by atoms with Crippen molar-refractivity contribution in [2.75, 3.05) is 11.5 Å². The van der Waals surface area contributed by atoms with Gasteiger partial charge in [-0.25, -0.2) is 0 Å². The summed E-state index contributed by atoms with van der Waals surface area (Å²) < 4.78 is 11.1. The predicted octanol–water partition coefficient (Wildman–Crippen LogP) is 5.46. The molecule has 3 aromatic carbocycles. The third-order valence-electron chi connectivity index (χ3n) is 5.73. The van der Waals surface area contributed by atoms with Crippen molar-refractivity contribution in [1.29, 1.82) is 0 Å². The summed E-state index contributed by atoms with van der Waals surface area (Å²) in [6, 6.07) is 22.4. The molecule has 1 aromatic heterocycles. The molecule has 0 saturated carbocycles. The lowest BCUT2D eigenvalue weighted by Gasteiger charge is -2.23.